The second kappa shape index (κ2) is 10.2. The van der Waals surface area contributed by atoms with Crippen LogP contribution in [0.25, 0.3) is 0 Å². The minimum Gasteiger partial charge on any atom is -0.357 e. The molecule has 1 atom stereocenters. The highest BCUT2D eigenvalue weighted by molar-refractivity contribution is 5.80. The van der Waals surface area contributed by atoms with E-state index in [0.29, 0.717) is 29.8 Å². The zero-order chi connectivity index (χ0) is 20.7. The van der Waals surface area contributed by atoms with Crippen LogP contribution in [0.1, 0.15) is 44.9 Å². The highest BCUT2D eigenvalue weighted by Gasteiger charge is 2.27. The van der Waals surface area contributed by atoms with Crippen LogP contribution in [-0.2, 0) is 9.59 Å². The van der Waals surface area contributed by atoms with Gasteiger partial charge < -0.3 is 4.90 Å². The van der Waals surface area contributed by atoms with Gasteiger partial charge in [0.2, 0.25) is 18.1 Å². The number of anilines is 2. The Kier molecular flexibility index (Phi) is 7.91. The number of hydroxylamine groups is 2. The van der Waals surface area contributed by atoms with Gasteiger partial charge in [-0.3, -0.25) is 25.6 Å². The summed E-state index contributed by atoms with van der Waals surface area (Å²) in [5.74, 6) is -0.983. The lowest BCUT2D eigenvalue weighted by Crippen LogP contribution is -2.41. The second-order valence-corrected chi connectivity index (χ2v) is 7.20. The van der Waals surface area contributed by atoms with Crippen LogP contribution in [0.2, 0.25) is 0 Å². The summed E-state index contributed by atoms with van der Waals surface area (Å²) in [6.07, 6.45) is 5.10. The molecule has 0 spiro atoms. The summed E-state index contributed by atoms with van der Waals surface area (Å²) in [7, 11) is 1.71. The number of rotatable bonds is 10. The van der Waals surface area contributed by atoms with Gasteiger partial charge in [0.05, 0.1) is 12.5 Å². The molecule has 1 saturated carbocycles. The zero-order valence-electron chi connectivity index (χ0n) is 16.6. The summed E-state index contributed by atoms with van der Waals surface area (Å²) >= 11 is 0. The quantitative estimate of drug-likeness (QED) is 0.314. The van der Waals surface area contributed by atoms with E-state index in [1.54, 1.807) is 18.9 Å². The number of nitrogens with zero attached hydrogens (tertiary/aromatic N) is 4. The number of carbonyl (C=O) groups excluding carboxylic acids is 2. The van der Waals surface area contributed by atoms with Crippen LogP contribution >= 0.6 is 0 Å². The third-order valence-corrected chi connectivity index (χ3v) is 5.08. The summed E-state index contributed by atoms with van der Waals surface area (Å²) in [6.45, 7) is 3.94. The van der Waals surface area contributed by atoms with E-state index in [1.807, 2.05) is 6.92 Å². The van der Waals surface area contributed by atoms with Crippen LogP contribution in [0.5, 0.6) is 0 Å². The fourth-order valence-electron chi connectivity index (χ4n) is 3.43. The smallest absolute Gasteiger partial charge is 0.243 e. The normalized spacial score (nSPS) is 15.2. The van der Waals surface area contributed by atoms with Crippen molar-refractivity contribution in [3.63, 3.8) is 0 Å². The van der Waals surface area contributed by atoms with Crippen molar-refractivity contribution in [1.82, 2.24) is 20.5 Å². The Labute approximate surface area is 164 Å². The molecule has 0 aliphatic heterocycles. The standard InChI is InChI=1S/C18H29FN6O3/c1-4-24(3)17-15(19)16(20-12(2)21-17)22-23-18(27)14(10-25(28)11-26)9-13-7-5-6-8-13/h11,13-14,28H,4-10H2,1-3H3,(H,23,27)(H,20,21,22)/t14-/m1/s1. The lowest BCUT2D eigenvalue weighted by Gasteiger charge is -2.23. The van der Waals surface area contributed by atoms with E-state index in [2.05, 4.69) is 20.8 Å². The Balaban J connectivity index is 2.08. The van der Waals surface area contributed by atoms with Gasteiger partial charge >= 0.3 is 0 Å². The molecule has 3 N–H and O–H groups in total. The Morgan fingerprint density at radius 1 is 1.39 bits per heavy atom. The van der Waals surface area contributed by atoms with Gasteiger partial charge in [-0.15, -0.1) is 0 Å². The number of hydrogen-bond donors (Lipinski definition) is 3. The molecular formula is C18H29FN6O3. The fraction of sp³-hybridized carbons (Fsp3) is 0.667. The molecule has 10 heteroatoms. The molecule has 1 aromatic rings. The molecule has 0 unspecified atom stereocenters. The van der Waals surface area contributed by atoms with Gasteiger partial charge in [0, 0.05) is 13.6 Å². The number of amides is 2. The molecular weight excluding hydrogens is 367 g/mol. The van der Waals surface area contributed by atoms with E-state index >= 15 is 0 Å². The van der Waals surface area contributed by atoms with Crippen LogP contribution in [0.3, 0.4) is 0 Å². The Morgan fingerprint density at radius 3 is 2.68 bits per heavy atom. The third kappa shape index (κ3) is 5.75. The van der Waals surface area contributed by atoms with Crippen LogP contribution in [0.15, 0.2) is 0 Å². The van der Waals surface area contributed by atoms with Crippen LogP contribution in [-0.4, -0.2) is 52.7 Å². The van der Waals surface area contributed by atoms with E-state index in [-0.39, 0.29) is 24.6 Å². The summed E-state index contributed by atoms with van der Waals surface area (Å²) in [6, 6.07) is 0. The fourth-order valence-corrected chi connectivity index (χ4v) is 3.43. The molecule has 1 fully saturated rings. The molecule has 0 aromatic carbocycles. The summed E-state index contributed by atoms with van der Waals surface area (Å²) < 4.78 is 14.7. The maximum atomic E-state index is 14.7. The van der Waals surface area contributed by atoms with E-state index < -0.39 is 17.6 Å². The van der Waals surface area contributed by atoms with Crippen molar-refractivity contribution >= 4 is 24.0 Å². The molecule has 156 valence electrons. The predicted octanol–water partition coefficient (Wildman–Crippen LogP) is 1.87. The first kappa shape index (κ1) is 21.8. The van der Waals surface area contributed by atoms with Crippen LogP contribution in [0.4, 0.5) is 16.0 Å². The number of hydrazine groups is 1. The molecule has 0 bridgehead atoms. The van der Waals surface area contributed by atoms with Crippen molar-refractivity contribution in [2.75, 3.05) is 30.5 Å². The van der Waals surface area contributed by atoms with Gasteiger partial charge in [-0.25, -0.2) is 15.0 Å². The van der Waals surface area contributed by atoms with Gasteiger partial charge in [0.1, 0.15) is 5.82 Å². The van der Waals surface area contributed by atoms with Crippen molar-refractivity contribution in [2.24, 2.45) is 11.8 Å². The van der Waals surface area contributed by atoms with Gasteiger partial charge in [0.15, 0.2) is 11.6 Å². The van der Waals surface area contributed by atoms with Gasteiger partial charge in [-0.1, -0.05) is 25.7 Å². The largest absolute Gasteiger partial charge is 0.357 e. The van der Waals surface area contributed by atoms with Gasteiger partial charge in [-0.05, 0) is 26.2 Å². The third-order valence-electron chi connectivity index (χ3n) is 5.08. The Morgan fingerprint density at radius 2 is 2.07 bits per heavy atom. The SMILES string of the molecule is CCN(C)c1nc(C)nc(NNC(=O)[C@H](CC2CCCC2)CN(O)C=O)c1F. The van der Waals surface area contributed by atoms with Crippen molar-refractivity contribution in [1.29, 1.82) is 0 Å². The number of hydrogen-bond acceptors (Lipinski definition) is 7. The molecule has 0 radical (unpaired) electrons. The van der Waals surface area contributed by atoms with E-state index in [4.69, 9.17) is 0 Å². The zero-order valence-corrected chi connectivity index (χ0v) is 16.6. The minimum absolute atomic E-state index is 0.122. The maximum Gasteiger partial charge on any atom is 0.243 e. The van der Waals surface area contributed by atoms with E-state index in [0.717, 1.165) is 25.7 Å². The number of aromatic nitrogens is 2. The average Bonchev–Trinajstić information content (AvgIpc) is 3.19. The highest BCUT2D eigenvalue weighted by atomic mass is 19.1. The first-order valence-corrected chi connectivity index (χ1v) is 9.57. The molecule has 2 rings (SSSR count). The molecule has 1 aromatic heterocycles. The number of aryl methyl sites for hydroxylation is 1. The number of nitrogens with one attached hydrogen (secondary N) is 2. The van der Waals surface area contributed by atoms with E-state index in [9.17, 15) is 19.2 Å². The second-order valence-electron chi connectivity index (χ2n) is 7.20. The van der Waals surface area contributed by atoms with E-state index in [1.165, 1.54) is 0 Å². The molecule has 9 nitrogen and oxygen atoms in total. The van der Waals surface area contributed by atoms with Crippen molar-refractivity contribution in [2.45, 2.75) is 46.0 Å². The summed E-state index contributed by atoms with van der Waals surface area (Å²) in [5.41, 5.74) is 4.99. The minimum atomic E-state index is -0.667. The first-order valence-electron chi connectivity index (χ1n) is 9.57. The Hall–Kier alpha value is -2.49. The Bertz CT molecular complexity index is 684. The van der Waals surface area contributed by atoms with Crippen molar-refractivity contribution < 1.29 is 19.2 Å². The maximum absolute atomic E-state index is 14.7. The monoisotopic (exact) mass is 396 g/mol. The average molecular weight is 396 g/mol. The van der Waals surface area contributed by atoms with Crippen LogP contribution < -0.4 is 15.8 Å². The molecule has 1 aliphatic rings. The summed E-state index contributed by atoms with van der Waals surface area (Å²) in [4.78, 5) is 33.1. The lowest BCUT2D eigenvalue weighted by atomic mass is 9.92. The number of carbonyl (C=O) groups is 2. The van der Waals surface area contributed by atoms with Crippen molar-refractivity contribution in [3.8, 4) is 0 Å². The first-order chi connectivity index (χ1) is 13.3. The predicted molar refractivity (Wildman–Crippen MR) is 102 cm³/mol. The van der Waals surface area contributed by atoms with Crippen LogP contribution in [0, 0.1) is 24.6 Å². The molecule has 2 amide bonds. The summed E-state index contributed by atoms with van der Waals surface area (Å²) in [5, 5.41) is 9.98. The molecule has 28 heavy (non-hydrogen) atoms. The topological polar surface area (TPSA) is 111 Å². The molecule has 1 aliphatic carbocycles. The lowest BCUT2D eigenvalue weighted by molar-refractivity contribution is -0.154. The number of halogens is 1. The molecule has 0 saturated heterocycles. The van der Waals surface area contributed by atoms with Gasteiger partial charge in [0.25, 0.3) is 0 Å². The molecule has 1 heterocycles. The highest BCUT2D eigenvalue weighted by Crippen LogP contribution is 2.30. The van der Waals surface area contributed by atoms with Gasteiger partial charge in [-0.2, -0.15) is 4.39 Å². The van der Waals surface area contributed by atoms with Crippen molar-refractivity contribution in [3.05, 3.63) is 11.6 Å².